The molecule has 1 N–H and O–H groups in total. The highest BCUT2D eigenvalue weighted by Crippen LogP contribution is 2.24. The monoisotopic (exact) mass is 433 g/mol. The van der Waals surface area contributed by atoms with Gasteiger partial charge in [-0.25, -0.2) is 0 Å². The number of hydrogen-bond acceptors (Lipinski definition) is 3. The van der Waals surface area contributed by atoms with Gasteiger partial charge in [0.2, 0.25) is 5.91 Å². The molecule has 1 saturated heterocycles. The van der Waals surface area contributed by atoms with Gasteiger partial charge in [-0.1, -0.05) is 48.0 Å². The van der Waals surface area contributed by atoms with Crippen LogP contribution in [0.4, 0.5) is 0 Å². The summed E-state index contributed by atoms with van der Waals surface area (Å²) in [5.74, 6) is -0.397. The van der Waals surface area contributed by atoms with Crippen LogP contribution in [0.2, 0.25) is 5.02 Å². The Morgan fingerprint density at radius 1 is 1.00 bits per heavy atom. The van der Waals surface area contributed by atoms with Crippen molar-refractivity contribution < 1.29 is 9.59 Å². The largest absolute Gasteiger partial charge is 0.343 e. The van der Waals surface area contributed by atoms with Crippen LogP contribution in [0.15, 0.2) is 79.0 Å². The average Bonchev–Trinajstić information content (AvgIpc) is 2.83. The van der Waals surface area contributed by atoms with Crippen molar-refractivity contribution in [1.82, 2.24) is 15.2 Å². The van der Waals surface area contributed by atoms with Crippen LogP contribution in [0.25, 0.3) is 0 Å². The lowest BCUT2D eigenvalue weighted by molar-refractivity contribution is -0.126. The molecule has 0 saturated carbocycles. The summed E-state index contributed by atoms with van der Waals surface area (Å²) in [7, 11) is 0. The molecule has 1 fully saturated rings. The van der Waals surface area contributed by atoms with E-state index in [1.807, 2.05) is 48.5 Å². The molecule has 1 aliphatic heterocycles. The summed E-state index contributed by atoms with van der Waals surface area (Å²) in [6, 6.07) is 22.0. The summed E-state index contributed by atoms with van der Waals surface area (Å²) >= 11 is 5.93. The smallest absolute Gasteiger partial charge is 0.253 e. The van der Waals surface area contributed by atoms with E-state index in [1.165, 1.54) is 0 Å². The van der Waals surface area contributed by atoms with E-state index in [9.17, 15) is 9.59 Å². The molecular weight excluding hydrogens is 410 g/mol. The number of aromatic nitrogens is 1. The minimum Gasteiger partial charge on any atom is -0.343 e. The van der Waals surface area contributed by atoms with E-state index in [0.717, 1.165) is 24.1 Å². The molecule has 2 unspecified atom stereocenters. The molecule has 0 bridgehead atoms. The highest BCUT2D eigenvalue weighted by Gasteiger charge is 2.30. The fourth-order valence-electron chi connectivity index (χ4n) is 3.93. The van der Waals surface area contributed by atoms with Gasteiger partial charge < -0.3 is 10.2 Å². The molecule has 4 rings (SSSR count). The first-order valence-electron chi connectivity index (χ1n) is 10.4. The van der Waals surface area contributed by atoms with Crippen molar-refractivity contribution in [2.24, 2.45) is 5.92 Å². The zero-order chi connectivity index (χ0) is 21.6. The number of halogens is 1. The Labute approximate surface area is 187 Å². The second-order valence-electron chi connectivity index (χ2n) is 7.70. The van der Waals surface area contributed by atoms with Crippen LogP contribution >= 0.6 is 11.6 Å². The summed E-state index contributed by atoms with van der Waals surface area (Å²) in [6.45, 7) is 1.05. The number of pyridine rings is 1. The van der Waals surface area contributed by atoms with Gasteiger partial charge in [-0.2, -0.15) is 0 Å². The number of carbonyl (C=O) groups excluding carboxylic acids is 2. The van der Waals surface area contributed by atoms with E-state index in [-0.39, 0.29) is 23.8 Å². The molecule has 0 radical (unpaired) electrons. The van der Waals surface area contributed by atoms with Gasteiger partial charge in [0, 0.05) is 29.9 Å². The van der Waals surface area contributed by atoms with Crippen LogP contribution in [-0.4, -0.2) is 34.8 Å². The predicted octanol–water partition coefficient (Wildman–Crippen LogP) is 4.49. The molecule has 0 aliphatic carbocycles. The minimum absolute atomic E-state index is 0.0619. The minimum atomic E-state index is -0.336. The third-order valence-corrected chi connectivity index (χ3v) is 5.83. The first-order chi connectivity index (χ1) is 15.1. The molecular formula is C25H24ClN3O2. The molecule has 2 aromatic carbocycles. The number of nitrogens with one attached hydrogen (secondary N) is 1. The average molecular weight is 434 g/mol. The molecule has 3 aromatic rings. The number of carbonyl (C=O) groups is 2. The summed E-state index contributed by atoms with van der Waals surface area (Å²) in [5.41, 5.74) is 2.34. The normalized spacial score (nSPS) is 17.1. The van der Waals surface area contributed by atoms with Crippen LogP contribution in [0.3, 0.4) is 0 Å². The van der Waals surface area contributed by atoms with Gasteiger partial charge in [-0.15, -0.1) is 0 Å². The van der Waals surface area contributed by atoms with Crippen molar-refractivity contribution in [1.29, 1.82) is 0 Å². The van der Waals surface area contributed by atoms with E-state index in [4.69, 9.17) is 11.6 Å². The zero-order valence-electron chi connectivity index (χ0n) is 17.1. The third-order valence-electron chi connectivity index (χ3n) is 5.57. The Hall–Kier alpha value is -3.18. The molecule has 31 heavy (non-hydrogen) atoms. The molecule has 1 aliphatic rings. The van der Waals surface area contributed by atoms with Crippen LogP contribution in [0.1, 0.15) is 40.5 Å². The van der Waals surface area contributed by atoms with Crippen LogP contribution < -0.4 is 5.32 Å². The lowest BCUT2D eigenvalue weighted by atomic mass is 9.95. The maximum absolute atomic E-state index is 13.2. The molecule has 158 valence electrons. The van der Waals surface area contributed by atoms with E-state index in [0.29, 0.717) is 23.7 Å². The topological polar surface area (TPSA) is 62.3 Å². The zero-order valence-corrected chi connectivity index (χ0v) is 17.8. The highest BCUT2D eigenvalue weighted by molar-refractivity contribution is 6.30. The van der Waals surface area contributed by atoms with Crippen molar-refractivity contribution in [3.8, 4) is 0 Å². The standard InChI is InChI=1S/C25H24ClN3O2/c26-21-13-11-19(12-14-21)25(31)29-16-6-9-20(17-29)24(30)28-23(18-7-2-1-3-8-18)22-10-4-5-15-27-22/h1-5,7-8,10-15,20,23H,6,9,16-17H2,(H,28,30). The summed E-state index contributed by atoms with van der Waals surface area (Å²) in [6.07, 6.45) is 3.27. The molecule has 2 heterocycles. The van der Waals surface area contributed by atoms with Gasteiger partial charge in [-0.3, -0.25) is 14.6 Å². The fraction of sp³-hybridized carbons (Fsp3) is 0.240. The number of piperidine rings is 1. The van der Waals surface area contributed by atoms with Crippen molar-refractivity contribution >= 4 is 23.4 Å². The molecule has 0 spiro atoms. The van der Waals surface area contributed by atoms with E-state index in [2.05, 4.69) is 10.3 Å². The Balaban J connectivity index is 1.48. The van der Waals surface area contributed by atoms with Crippen LogP contribution in [0, 0.1) is 5.92 Å². The fourth-order valence-corrected chi connectivity index (χ4v) is 4.06. The van der Waals surface area contributed by atoms with Crippen molar-refractivity contribution in [3.63, 3.8) is 0 Å². The van der Waals surface area contributed by atoms with Crippen molar-refractivity contribution in [2.45, 2.75) is 18.9 Å². The number of amides is 2. The van der Waals surface area contributed by atoms with Gasteiger partial charge >= 0.3 is 0 Å². The lowest BCUT2D eigenvalue weighted by Crippen LogP contribution is -2.46. The van der Waals surface area contributed by atoms with E-state index < -0.39 is 0 Å². The summed E-state index contributed by atoms with van der Waals surface area (Å²) in [5, 5.41) is 3.76. The number of benzene rings is 2. The van der Waals surface area contributed by atoms with Gasteiger partial charge in [0.15, 0.2) is 0 Å². The van der Waals surface area contributed by atoms with Gasteiger partial charge in [0.25, 0.3) is 5.91 Å². The molecule has 2 amide bonds. The molecule has 6 heteroatoms. The van der Waals surface area contributed by atoms with Gasteiger partial charge in [0.05, 0.1) is 17.7 Å². The second-order valence-corrected chi connectivity index (χ2v) is 8.14. The Bertz CT molecular complexity index is 986. The van der Waals surface area contributed by atoms with E-state index in [1.54, 1.807) is 35.4 Å². The Morgan fingerprint density at radius 2 is 1.74 bits per heavy atom. The van der Waals surface area contributed by atoms with Gasteiger partial charge in [0.1, 0.15) is 0 Å². The van der Waals surface area contributed by atoms with Crippen molar-refractivity contribution in [2.75, 3.05) is 13.1 Å². The molecule has 1 aromatic heterocycles. The number of likely N-dealkylation sites (tertiary alicyclic amines) is 1. The maximum atomic E-state index is 13.2. The molecule has 5 nitrogen and oxygen atoms in total. The second kappa shape index (κ2) is 9.75. The number of rotatable bonds is 5. The van der Waals surface area contributed by atoms with Crippen molar-refractivity contribution in [3.05, 3.63) is 101 Å². The quantitative estimate of drug-likeness (QED) is 0.644. The first-order valence-corrected chi connectivity index (χ1v) is 10.8. The number of hydrogen-bond donors (Lipinski definition) is 1. The Kier molecular flexibility index (Phi) is 6.63. The Morgan fingerprint density at radius 3 is 2.45 bits per heavy atom. The summed E-state index contributed by atoms with van der Waals surface area (Å²) in [4.78, 5) is 32.3. The van der Waals surface area contributed by atoms with Gasteiger partial charge in [-0.05, 0) is 54.8 Å². The maximum Gasteiger partial charge on any atom is 0.253 e. The SMILES string of the molecule is O=C(NC(c1ccccc1)c1ccccn1)C1CCCN(C(=O)c2ccc(Cl)cc2)C1. The van der Waals surface area contributed by atoms with Crippen LogP contribution in [0.5, 0.6) is 0 Å². The third kappa shape index (κ3) is 5.12. The highest BCUT2D eigenvalue weighted by atomic mass is 35.5. The molecule has 2 atom stereocenters. The summed E-state index contributed by atoms with van der Waals surface area (Å²) < 4.78 is 0. The number of nitrogens with zero attached hydrogens (tertiary/aromatic N) is 2. The predicted molar refractivity (Wildman–Crippen MR) is 121 cm³/mol. The lowest BCUT2D eigenvalue weighted by Gasteiger charge is -2.33. The van der Waals surface area contributed by atoms with E-state index >= 15 is 0 Å². The first kappa shape index (κ1) is 21.1. The van der Waals surface area contributed by atoms with Crippen LogP contribution in [-0.2, 0) is 4.79 Å².